The summed E-state index contributed by atoms with van der Waals surface area (Å²) in [5.41, 5.74) is 2.67. The normalized spacial score (nSPS) is 14.8. The zero-order valence-electron chi connectivity index (χ0n) is 13.9. The van der Waals surface area contributed by atoms with Crippen LogP contribution in [0.25, 0.3) is 0 Å². The van der Waals surface area contributed by atoms with Gasteiger partial charge in [-0.25, -0.2) is 4.98 Å². The van der Waals surface area contributed by atoms with E-state index in [1.165, 1.54) is 6.42 Å². The summed E-state index contributed by atoms with van der Waals surface area (Å²) in [4.78, 5) is 18.9. The highest BCUT2D eigenvalue weighted by Crippen LogP contribution is 2.23. The van der Waals surface area contributed by atoms with E-state index in [4.69, 9.17) is 0 Å². The number of carbonyl (C=O) groups is 1. The molecule has 24 heavy (non-hydrogen) atoms. The summed E-state index contributed by atoms with van der Waals surface area (Å²) in [5, 5.41) is 10.1. The number of imidazole rings is 1. The van der Waals surface area contributed by atoms with E-state index in [-0.39, 0.29) is 12.5 Å². The summed E-state index contributed by atoms with van der Waals surface area (Å²) in [5.74, 6) is 0.887. The highest BCUT2D eigenvalue weighted by atomic mass is 32.2. The van der Waals surface area contributed by atoms with Gasteiger partial charge in [-0.3, -0.25) is 4.79 Å². The van der Waals surface area contributed by atoms with E-state index >= 15 is 0 Å². The molecule has 2 heterocycles. The van der Waals surface area contributed by atoms with E-state index in [1.54, 1.807) is 18.0 Å². The van der Waals surface area contributed by atoms with Crippen molar-refractivity contribution in [1.29, 1.82) is 0 Å². The van der Waals surface area contributed by atoms with Gasteiger partial charge in [0.1, 0.15) is 0 Å². The van der Waals surface area contributed by atoms with Crippen LogP contribution in [0, 0.1) is 0 Å². The minimum atomic E-state index is -0.0100. The number of likely N-dealkylation sites (tertiary alicyclic amines) is 1. The molecule has 1 aromatic carbocycles. The molecule has 0 unspecified atom stereocenters. The quantitative estimate of drug-likeness (QED) is 0.847. The number of hydrogen-bond acceptors (Lipinski definition) is 4. The van der Waals surface area contributed by atoms with Crippen molar-refractivity contribution in [1.82, 2.24) is 14.5 Å². The molecule has 1 saturated heterocycles. The molecule has 2 aromatic rings. The smallest absolute Gasteiger partial charge is 0.253 e. The Balaban J connectivity index is 1.66. The van der Waals surface area contributed by atoms with Crippen LogP contribution in [-0.4, -0.2) is 38.6 Å². The standard InChI is InChI=1S/C18H23N3O2S/c1-20-16(12-22)11-19-18(20)24-13-14-6-5-7-15(10-14)17(23)21-8-3-2-4-9-21/h5-7,10-11,22H,2-4,8-9,12-13H2,1H3. The maximum Gasteiger partial charge on any atom is 0.253 e. The molecular formula is C18H23N3O2S. The van der Waals surface area contributed by atoms with Gasteiger partial charge < -0.3 is 14.6 Å². The molecule has 1 aliphatic heterocycles. The Kier molecular flexibility index (Phi) is 5.58. The van der Waals surface area contributed by atoms with Gasteiger partial charge in [-0.1, -0.05) is 23.9 Å². The molecule has 128 valence electrons. The second-order valence-electron chi connectivity index (χ2n) is 6.09. The fraction of sp³-hybridized carbons (Fsp3) is 0.444. The van der Waals surface area contributed by atoms with Crippen molar-refractivity contribution in [3.8, 4) is 0 Å². The van der Waals surface area contributed by atoms with Crippen LogP contribution in [0.2, 0.25) is 0 Å². The number of piperidine rings is 1. The minimum Gasteiger partial charge on any atom is -0.390 e. The van der Waals surface area contributed by atoms with Gasteiger partial charge in [0.25, 0.3) is 5.91 Å². The van der Waals surface area contributed by atoms with E-state index in [2.05, 4.69) is 4.98 Å². The third-order valence-corrected chi connectivity index (χ3v) is 5.50. The number of amides is 1. The van der Waals surface area contributed by atoms with Crippen LogP contribution in [0.15, 0.2) is 35.6 Å². The first-order valence-electron chi connectivity index (χ1n) is 8.31. The molecule has 1 N–H and O–H groups in total. The molecule has 0 aliphatic carbocycles. The molecule has 1 amide bonds. The fourth-order valence-electron chi connectivity index (χ4n) is 2.93. The van der Waals surface area contributed by atoms with E-state index in [0.717, 1.165) is 53.7 Å². The molecule has 1 aromatic heterocycles. The Hall–Kier alpha value is -1.79. The molecule has 0 radical (unpaired) electrons. The Labute approximate surface area is 146 Å². The van der Waals surface area contributed by atoms with Crippen LogP contribution in [0.4, 0.5) is 0 Å². The van der Waals surface area contributed by atoms with Crippen molar-refractivity contribution in [2.24, 2.45) is 7.05 Å². The van der Waals surface area contributed by atoms with Gasteiger partial charge in [0, 0.05) is 31.5 Å². The van der Waals surface area contributed by atoms with Crippen LogP contribution in [-0.2, 0) is 19.4 Å². The first-order chi connectivity index (χ1) is 11.7. The zero-order chi connectivity index (χ0) is 16.9. The highest BCUT2D eigenvalue weighted by Gasteiger charge is 2.18. The van der Waals surface area contributed by atoms with Gasteiger partial charge in [-0.15, -0.1) is 0 Å². The Morgan fingerprint density at radius 2 is 2.08 bits per heavy atom. The molecule has 0 atom stereocenters. The second-order valence-corrected chi connectivity index (χ2v) is 7.03. The summed E-state index contributed by atoms with van der Waals surface area (Å²) in [6, 6.07) is 7.87. The molecule has 0 bridgehead atoms. The van der Waals surface area contributed by atoms with E-state index in [1.807, 2.05) is 40.8 Å². The van der Waals surface area contributed by atoms with E-state index in [0.29, 0.717) is 0 Å². The molecular weight excluding hydrogens is 322 g/mol. The number of rotatable bonds is 5. The molecule has 1 aliphatic rings. The summed E-state index contributed by atoms with van der Waals surface area (Å²) in [6.45, 7) is 1.73. The van der Waals surface area contributed by atoms with Crippen molar-refractivity contribution in [3.05, 3.63) is 47.3 Å². The van der Waals surface area contributed by atoms with Crippen molar-refractivity contribution in [2.75, 3.05) is 13.1 Å². The predicted octanol–water partition coefficient (Wildman–Crippen LogP) is 2.83. The predicted molar refractivity (Wildman–Crippen MR) is 94.9 cm³/mol. The van der Waals surface area contributed by atoms with Crippen LogP contribution < -0.4 is 0 Å². The van der Waals surface area contributed by atoms with Crippen molar-refractivity contribution >= 4 is 17.7 Å². The minimum absolute atomic E-state index is 0.0100. The number of thioether (sulfide) groups is 1. The average Bonchev–Trinajstić information content (AvgIpc) is 3.00. The van der Waals surface area contributed by atoms with Crippen molar-refractivity contribution < 1.29 is 9.90 Å². The highest BCUT2D eigenvalue weighted by molar-refractivity contribution is 7.98. The van der Waals surface area contributed by atoms with Crippen LogP contribution in [0.1, 0.15) is 40.9 Å². The third-order valence-electron chi connectivity index (χ3n) is 4.39. The summed E-state index contributed by atoms with van der Waals surface area (Å²) >= 11 is 1.61. The van der Waals surface area contributed by atoms with Gasteiger partial charge in [0.05, 0.1) is 18.5 Å². The van der Waals surface area contributed by atoms with Crippen LogP contribution in [0.5, 0.6) is 0 Å². The topological polar surface area (TPSA) is 58.4 Å². The lowest BCUT2D eigenvalue weighted by Crippen LogP contribution is -2.35. The molecule has 5 nitrogen and oxygen atoms in total. The molecule has 0 saturated carbocycles. The maximum absolute atomic E-state index is 12.6. The van der Waals surface area contributed by atoms with E-state index < -0.39 is 0 Å². The van der Waals surface area contributed by atoms with Gasteiger partial charge in [0.15, 0.2) is 5.16 Å². The van der Waals surface area contributed by atoms with Gasteiger partial charge in [0.2, 0.25) is 0 Å². The van der Waals surface area contributed by atoms with Gasteiger partial charge in [-0.2, -0.15) is 0 Å². The van der Waals surface area contributed by atoms with Gasteiger partial charge >= 0.3 is 0 Å². The van der Waals surface area contributed by atoms with Gasteiger partial charge in [-0.05, 0) is 37.0 Å². The lowest BCUT2D eigenvalue weighted by Gasteiger charge is -2.26. The second kappa shape index (κ2) is 7.85. The first kappa shape index (κ1) is 17.0. The monoisotopic (exact) mass is 345 g/mol. The van der Waals surface area contributed by atoms with Crippen molar-refractivity contribution in [3.63, 3.8) is 0 Å². The number of carbonyl (C=O) groups excluding carboxylic acids is 1. The zero-order valence-corrected chi connectivity index (χ0v) is 14.8. The lowest BCUT2D eigenvalue weighted by atomic mass is 10.1. The van der Waals surface area contributed by atoms with Crippen molar-refractivity contribution in [2.45, 2.75) is 36.8 Å². The van der Waals surface area contributed by atoms with Crippen LogP contribution >= 0.6 is 11.8 Å². The Bertz CT molecular complexity index is 708. The summed E-state index contributed by atoms with van der Waals surface area (Å²) in [7, 11) is 1.90. The molecule has 6 heteroatoms. The largest absolute Gasteiger partial charge is 0.390 e. The Morgan fingerprint density at radius 1 is 1.29 bits per heavy atom. The molecule has 3 rings (SSSR count). The molecule has 0 spiro atoms. The third kappa shape index (κ3) is 3.82. The number of aromatic nitrogens is 2. The fourth-order valence-corrected chi connectivity index (χ4v) is 3.84. The number of aliphatic hydroxyl groups excluding tert-OH is 1. The summed E-state index contributed by atoms with van der Waals surface area (Å²) < 4.78 is 1.90. The number of benzene rings is 1. The Morgan fingerprint density at radius 3 is 2.79 bits per heavy atom. The number of aliphatic hydroxyl groups is 1. The average molecular weight is 345 g/mol. The van der Waals surface area contributed by atoms with Crippen LogP contribution in [0.3, 0.4) is 0 Å². The summed E-state index contributed by atoms with van der Waals surface area (Å²) in [6.07, 6.45) is 5.12. The maximum atomic E-state index is 12.6. The first-order valence-corrected chi connectivity index (χ1v) is 9.30. The number of nitrogens with zero attached hydrogens (tertiary/aromatic N) is 3. The SMILES string of the molecule is Cn1c(CO)cnc1SCc1cccc(C(=O)N2CCCCC2)c1. The molecule has 1 fully saturated rings. The van der Waals surface area contributed by atoms with E-state index in [9.17, 15) is 9.90 Å². The lowest BCUT2D eigenvalue weighted by molar-refractivity contribution is 0.0724. The number of hydrogen-bond donors (Lipinski definition) is 1.